The lowest BCUT2D eigenvalue weighted by atomic mass is 10.4. The summed E-state index contributed by atoms with van der Waals surface area (Å²) in [6, 6.07) is 3.29. The number of aromatic nitrogens is 1. The van der Waals surface area contributed by atoms with E-state index in [-0.39, 0.29) is 18.3 Å². The molecule has 0 spiro atoms. The molecule has 0 atom stereocenters. The monoisotopic (exact) mass is 195 g/mol. The van der Waals surface area contributed by atoms with Crippen LogP contribution in [0.4, 0.5) is 17.3 Å². The molecule has 0 saturated heterocycles. The van der Waals surface area contributed by atoms with Crippen molar-refractivity contribution in [2.75, 3.05) is 30.4 Å². The summed E-state index contributed by atoms with van der Waals surface area (Å²) in [6.07, 6.45) is 0. The van der Waals surface area contributed by atoms with Gasteiger partial charge in [0.25, 0.3) is 0 Å². The van der Waals surface area contributed by atoms with Crippen molar-refractivity contribution in [3.8, 4) is 0 Å². The van der Waals surface area contributed by atoms with Crippen molar-refractivity contribution in [3.05, 3.63) is 12.1 Å². The van der Waals surface area contributed by atoms with Crippen LogP contribution in [0, 0.1) is 0 Å². The van der Waals surface area contributed by atoms with Crippen molar-refractivity contribution in [2.45, 2.75) is 0 Å². The highest BCUT2D eigenvalue weighted by atomic mass is 16.1. The second kappa shape index (κ2) is 4.31. The number of nitrogens with zero attached hydrogens (tertiary/aromatic N) is 1. The number of rotatable bonds is 3. The Morgan fingerprint density at radius 1 is 1.50 bits per heavy atom. The van der Waals surface area contributed by atoms with Gasteiger partial charge < -0.3 is 22.1 Å². The zero-order chi connectivity index (χ0) is 10.6. The van der Waals surface area contributed by atoms with E-state index >= 15 is 0 Å². The van der Waals surface area contributed by atoms with E-state index in [0.29, 0.717) is 11.5 Å². The second-order valence-corrected chi connectivity index (χ2v) is 2.70. The number of likely N-dealkylation sites (N-methyl/N-ethyl adjacent to an activating group) is 1. The number of nitrogens with one attached hydrogen (secondary N) is 2. The molecule has 0 aliphatic carbocycles. The molecule has 1 heterocycles. The highest BCUT2D eigenvalue weighted by Crippen LogP contribution is 2.13. The van der Waals surface area contributed by atoms with Crippen LogP contribution in [0.5, 0.6) is 0 Å². The molecule has 0 aliphatic heterocycles. The largest absolute Gasteiger partial charge is 0.396 e. The summed E-state index contributed by atoms with van der Waals surface area (Å²) in [6.45, 7) is 0.160. The molecule has 0 aromatic carbocycles. The minimum atomic E-state index is -0.123. The Kier molecular flexibility index (Phi) is 3.11. The standard InChI is InChI=1S/C8H13N5O/c1-11-7(14)4-12-6-3-2-5(9)8(10)13-6/h2-3H,4,9H2,1H3,(H,11,14)(H3,10,12,13). The number of nitrogen functional groups attached to an aromatic ring is 2. The summed E-state index contributed by atoms with van der Waals surface area (Å²) in [7, 11) is 1.56. The van der Waals surface area contributed by atoms with E-state index in [1.807, 2.05) is 0 Å². The van der Waals surface area contributed by atoms with Gasteiger partial charge in [-0.1, -0.05) is 0 Å². The van der Waals surface area contributed by atoms with Gasteiger partial charge in [0.1, 0.15) is 11.6 Å². The number of carbonyl (C=O) groups excluding carboxylic acids is 1. The number of nitrogens with two attached hydrogens (primary N) is 2. The lowest BCUT2D eigenvalue weighted by molar-refractivity contribution is -0.118. The quantitative estimate of drug-likeness (QED) is 0.515. The molecule has 0 fully saturated rings. The van der Waals surface area contributed by atoms with Crippen LogP contribution in [0.25, 0.3) is 0 Å². The van der Waals surface area contributed by atoms with Crippen molar-refractivity contribution in [1.82, 2.24) is 10.3 Å². The van der Waals surface area contributed by atoms with Crippen molar-refractivity contribution < 1.29 is 4.79 Å². The molecule has 6 heteroatoms. The first-order valence-corrected chi connectivity index (χ1v) is 4.10. The normalized spacial score (nSPS) is 9.50. The highest BCUT2D eigenvalue weighted by molar-refractivity contribution is 5.80. The lowest BCUT2D eigenvalue weighted by Crippen LogP contribution is -2.26. The van der Waals surface area contributed by atoms with E-state index in [1.54, 1.807) is 19.2 Å². The van der Waals surface area contributed by atoms with Crippen molar-refractivity contribution >= 4 is 23.2 Å². The van der Waals surface area contributed by atoms with E-state index in [9.17, 15) is 4.79 Å². The molecule has 0 unspecified atom stereocenters. The fraction of sp³-hybridized carbons (Fsp3) is 0.250. The third-order valence-corrected chi connectivity index (χ3v) is 1.67. The summed E-state index contributed by atoms with van der Waals surface area (Å²) in [4.78, 5) is 14.8. The van der Waals surface area contributed by atoms with Gasteiger partial charge in [0.15, 0.2) is 0 Å². The maximum atomic E-state index is 10.9. The fourth-order valence-electron chi connectivity index (χ4n) is 0.843. The van der Waals surface area contributed by atoms with Gasteiger partial charge >= 0.3 is 0 Å². The first kappa shape index (κ1) is 10.1. The van der Waals surface area contributed by atoms with Crippen LogP contribution in [0.2, 0.25) is 0 Å². The molecule has 6 nitrogen and oxygen atoms in total. The lowest BCUT2D eigenvalue weighted by Gasteiger charge is -2.06. The van der Waals surface area contributed by atoms with Gasteiger partial charge in [-0.15, -0.1) is 0 Å². The Balaban J connectivity index is 2.60. The van der Waals surface area contributed by atoms with Gasteiger partial charge in [-0.25, -0.2) is 4.98 Å². The number of hydrogen-bond donors (Lipinski definition) is 4. The Morgan fingerprint density at radius 3 is 2.79 bits per heavy atom. The molecule has 1 rings (SSSR count). The molecule has 0 bridgehead atoms. The van der Waals surface area contributed by atoms with E-state index in [4.69, 9.17) is 11.5 Å². The number of hydrogen-bond acceptors (Lipinski definition) is 5. The molecule has 0 aliphatic rings. The zero-order valence-electron chi connectivity index (χ0n) is 7.87. The SMILES string of the molecule is CNC(=O)CNc1ccc(N)c(N)n1. The highest BCUT2D eigenvalue weighted by Gasteiger charge is 2.00. The minimum absolute atomic E-state index is 0.123. The van der Waals surface area contributed by atoms with Gasteiger partial charge in [0.05, 0.1) is 12.2 Å². The van der Waals surface area contributed by atoms with Crippen LogP contribution in [-0.4, -0.2) is 24.5 Å². The average Bonchev–Trinajstić information content (AvgIpc) is 2.19. The molecule has 14 heavy (non-hydrogen) atoms. The summed E-state index contributed by atoms with van der Waals surface area (Å²) in [5.41, 5.74) is 11.4. The van der Waals surface area contributed by atoms with Gasteiger partial charge in [0.2, 0.25) is 5.91 Å². The van der Waals surface area contributed by atoms with Gasteiger partial charge in [-0.05, 0) is 12.1 Å². The molecule has 76 valence electrons. The van der Waals surface area contributed by atoms with E-state index in [0.717, 1.165) is 0 Å². The van der Waals surface area contributed by atoms with Crippen LogP contribution >= 0.6 is 0 Å². The molecular formula is C8H13N5O. The van der Waals surface area contributed by atoms with Crippen LogP contribution in [-0.2, 0) is 4.79 Å². The Bertz CT molecular complexity index is 339. The van der Waals surface area contributed by atoms with Crippen molar-refractivity contribution in [1.29, 1.82) is 0 Å². The van der Waals surface area contributed by atoms with Crippen LogP contribution in [0.3, 0.4) is 0 Å². The first-order chi connectivity index (χ1) is 6.63. The Hall–Kier alpha value is -1.98. The van der Waals surface area contributed by atoms with Crippen molar-refractivity contribution in [2.24, 2.45) is 0 Å². The van der Waals surface area contributed by atoms with Gasteiger partial charge in [0, 0.05) is 7.05 Å². The zero-order valence-corrected chi connectivity index (χ0v) is 7.87. The Labute approximate surface area is 81.7 Å². The predicted octanol–water partition coefficient (Wildman–Crippen LogP) is -0.596. The maximum absolute atomic E-state index is 10.9. The topological polar surface area (TPSA) is 106 Å². The number of anilines is 3. The first-order valence-electron chi connectivity index (χ1n) is 4.10. The smallest absolute Gasteiger partial charge is 0.239 e. The third kappa shape index (κ3) is 2.51. The molecule has 1 aromatic heterocycles. The molecule has 1 aromatic rings. The summed E-state index contributed by atoms with van der Waals surface area (Å²) in [5, 5.41) is 5.28. The third-order valence-electron chi connectivity index (χ3n) is 1.67. The van der Waals surface area contributed by atoms with E-state index < -0.39 is 0 Å². The molecule has 0 saturated carbocycles. The minimum Gasteiger partial charge on any atom is -0.396 e. The van der Waals surface area contributed by atoms with E-state index in [1.165, 1.54) is 0 Å². The maximum Gasteiger partial charge on any atom is 0.239 e. The molecule has 1 amide bonds. The van der Waals surface area contributed by atoms with Crippen LogP contribution in [0.15, 0.2) is 12.1 Å². The van der Waals surface area contributed by atoms with Gasteiger partial charge in [-0.2, -0.15) is 0 Å². The second-order valence-electron chi connectivity index (χ2n) is 2.70. The molecule has 0 radical (unpaired) electrons. The summed E-state index contributed by atoms with van der Waals surface area (Å²) >= 11 is 0. The van der Waals surface area contributed by atoms with E-state index in [2.05, 4.69) is 15.6 Å². The van der Waals surface area contributed by atoms with Gasteiger partial charge in [-0.3, -0.25) is 4.79 Å². The summed E-state index contributed by atoms with van der Waals surface area (Å²) < 4.78 is 0. The number of carbonyl (C=O) groups is 1. The fourth-order valence-corrected chi connectivity index (χ4v) is 0.843. The predicted molar refractivity (Wildman–Crippen MR) is 55.6 cm³/mol. The average molecular weight is 195 g/mol. The van der Waals surface area contributed by atoms with Crippen LogP contribution in [0.1, 0.15) is 0 Å². The Morgan fingerprint density at radius 2 is 2.21 bits per heavy atom. The molecule has 6 N–H and O–H groups in total. The summed E-state index contributed by atoms with van der Waals surface area (Å²) in [5.74, 6) is 0.661. The van der Waals surface area contributed by atoms with Crippen molar-refractivity contribution in [3.63, 3.8) is 0 Å². The number of amides is 1. The number of pyridine rings is 1. The van der Waals surface area contributed by atoms with Crippen LogP contribution < -0.4 is 22.1 Å². The molecular weight excluding hydrogens is 182 g/mol.